The maximum absolute atomic E-state index is 12.7. The number of amides is 1. The van der Waals surface area contributed by atoms with Crippen LogP contribution >= 0.6 is 0 Å². The molecule has 2 saturated heterocycles. The predicted octanol–water partition coefficient (Wildman–Crippen LogP) is -0.0972. The van der Waals surface area contributed by atoms with Crippen molar-refractivity contribution in [1.82, 2.24) is 9.80 Å². The summed E-state index contributed by atoms with van der Waals surface area (Å²) in [6, 6.07) is 0.385. The van der Waals surface area contributed by atoms with Crippen LogP contribution in [-0.4, -0.2) is 67.7 Å². The summed E-state index contributed by atoms with van der Waals surface area (Å²) in [6.45, 7) is 4.00. The van der Waals surface area contributed by atoms with Crippen LogP contribution in [0.2, 0.25) is 0 Å². The van der Waals surface area contributed by atoms with Crippen LogP contribution < -0.4 is 5.73 Å². The molecule has 2 N–H and O–H groups in total. The minimum Gasteiger partial charge on any atom is -0.373 e. The number of fused-ring (bicyclic) bond motifs is 1. The van der Waals surface area contributed by atoms with Crippen LogP contribution in [0.5, 0.6) is 0 Å². The van der Waals surface area contributed by atoms with Gasteiger partial charge in [-0.15, -0.1) is 0 Å². The molecule has 0 aromatic heterocycles. The Morgan fingerprint density at radius 2 is 2.21 bits per heavy atom. The summed E-state index contributed by atoms with van der Waals surface area (Å²) in [4.78, 5) is 17.0. The molecule has 4 atom stereocenters. The van der Waals surface area contributed by atoms with Gasteiger partial charge in [0.05, 0.1) is 18.8 Å². The Hall–Kier alpha value is -0.650. The number of hydrogen-bond acceptors (Lipinski definition) is 4. The second kappa shape index (κ2) is 5.38. The molecule has 0 radical (unpaired) electrons. The summed E-state index contributed by atoms with van der Waals surface area (Å²) >= 11 is 0. The third-order valence-electron chi connectivity index (χ3n) is 5.17. The van der Waals surface area contributed by atoms with Gasteiger partial charge in [-0.05, 0) is 32.4 Å². The summed E-state index contributed by atoms with van der Waals surface area (Å²) in [5.74, 6) is 0.878. The number of likely N-dealkylation sites (N-methyl/N-ethyl adjacent to an activating group) is 1. The van der Waals surface area contributed by atoms with E-state index in [0.717, 1.165) is 45.5 Å². The van der Waals surface area contributed by atoms with Gasteiger partial charge in [0.1, 0.15) is 0 Å². The zero-order valence-corrected chi connectivity index (χ0v) is 11.8. The Labute approximate surface area is 115 Å². The number of ether oxygens (including phenoxy) is 1. The Balaban J connectivity index is 1.65. The molecule has 2 aliphatic heterocycles. The predicted molar refractivity (Wildman–Crippen MR) is 72.6 cm³/mol. The third kappa shape index (κ3) is 2.39. The zero-order valence-electron chi connectivity index (χ0n) is 11.8. The molecule has 0 spiro atoms. The summed E-state index contributed by atoms with van der Waals surface area (Å²) < 4.78 is 5.81. The first-order chi connectivity index (χ1) is 9.20. The van der Waals surface area contributed by atoms with Gasteiger partial charge in [0.15, 0.2) is 0 Å². The Kier molecular flexibility index (Phi) is 3.78. The van der Waals surface area contributed by atoms with E-state index in [2.05, 4.69) is 11.9 Å². The smallest absolute Gasteiger partial charge is 0.226 e. The Morgan fingerprint density at radius 1 is 1.37 bits per heavy atom. The van der Waals surface area contributed by atoms with Gasteiger partial charge in [-0.2, -0.15) is 0 Å². The van der Waals surface area contributed by atoms with Gasteiger partial charge in [0.2, 0.25) is 5.91 Å². The fraction of sp³-hybridized carbons (Fsp3) is 0.929. The molecule has 0 aromatic carbocycles. The number of carbonyl (C=O) groups excluding carboxylic acids is 1. The lowest BCUT2D eigenvalue weighted by Gasteiger charge is -2.33. The van der Waals surface area contributed by atoms with Gasteiger partial charge in [-0.1, -0.05) is 6.42 Å². The highest BCUT2D eigenvalue weighted by molar-refractivity contribution is 5.80. The topological polar surface area (TPSA) is 58.8 Å². The quantitative estimate of drug-likeness (QED) is 0.759. The highest BCUT2D eigenvalue weighted by Gasteiger charge is 2.43. The number of morpholine rings is 1. The van der Waals surface area contributed by atoms with E-state index < -0.39 is 0 Å². The molecular formula is C14H25N3O2. The van der Waals surface area contributed by atoms with Gasteiger partial charge < -0.3 is 15.4 Å². The average Bonchev–Trinajstić information content (AvgIpc) is 3.04. The Bertz CT molecular complexity index is 350. The summed E-state index contributed by atoms with van der Waals surface area (Å²) in [5.41, 5.74) is 5.80. The summed E-state index contributed by atoms with van der Waals surface area (Å²) in [6.07, 6.45) is 3.49. The number of nitrogens with two attached hydrogens (primary N) is 1. The van der Waals surface area contributed by atoms with Crippen molar-refractivity contribution >= 4 is 5.91 Å². The molecule has 1 amide bonds. The number of rotatable bonds is 2. The van der Waals surface area contributed by atoms with Crippen LogP contribution in [0.25, 0.3) is 0 Å². The molecule has 1 saturated carbocycles. The van der Waals surface area contributed by atoms with E-state index in [4.69, 9.17) is 10.5 Å². The second-order valence-corrected chi connectivity index (χ2v) is 6.23. The van der Waals surface area contributed by atoms with Gasteiger partial charge in [-0.25, -0.2) is 0 Å². The zero-order chi connectivity index (χ0) is 13.4. The average molecular weight is 267 g/mol. The Morgan fingerprint density at radius 3 is 2.95 bits per heavy atom. The van der Waals surface area contributed by atoms with Crippen LogP contribution in [0.15, 0.2) is 0 Å². The van der Waals surface area contributed by atoms with E-state index in [1.165, 1.54) is 0 Å². The lowest BCUT2D eigenvalue weighted by atomic mass is 9.95. The number of carbonyl (C=O) groups is 1. The van der Waals surface area contributed by atoms with Crippen molar-refractivity contribution in [2.75, 3.05) is 39.8 Å². The van der Waals surface area contributed by atoms with Crippen LogP contribution in [0.3, 0.4) is 0 Å². The molecule has 1 aliphatic carbocycles. The second-order valence-electron chi connectivity index (χ2n) is 6.23. The van der Waals surface area contributed by atoms with E-state index in [1.54, 1.807) is 0 Å². The number of likely N-dealkylation sites (tertiary alicyclic amines) is 1. The first-order valence-corrected chi connectivity index (χ1v) is 7.51. The third-order valence-corrected chi connectivity index (χ3v) is 5.17. The SMILES string of the molecule is CN1CCOC2CN(C(=O)[C@@H]3CCC[C@@H]3CN)CC21. The molecular weight excluding hydrogens is 242 g/mol. The van der Waals surface area contributed by atoms with Crippen molar-refractivity contribution in [1.29, 1.82) is 0 Å². The summed E-state index contributed by atoms with van der Waals surface area (Å²) in [5, 5.41) is 0. The van der Waals surface area contributed by atoms with Gasteiger partial charge in [0.25, 0.3) is 0 Å². The highest BCUT2D eigenvalue weighted by Crippen LogP contribution is 2.34. The molecule has 19 heavy (non-hydrogen) atoms. The van der Waals surface area contributed by atoms with Crippen molar-refractivity contribution in [2.45, 2.75) is 31.4 Å². The maximum Gasteiger partial charge on any atom is 0.226 e. The first-order valence-electron chi connectivity index (χ1n) is 7.51. The van der Waals surface area contributed by atoms with Crippen LogP contribution in [0.1, 0.15) is 19.3 Å². The highest BCUT2D eigenvalue weighted by atomic mass is 16.5. The van der Waals surface area contributed by atoms with Crippen molar-refractivity contribution in [2.24, 2.45) is 17.6 Å². The molecule has 3 rings (SSSR count). The van der Waals surface area contributed by atoms with Crippen LogP contribution in [0.4, 0.5) is 0 Å². The fourth-order valence-corrected chi connectivity index (χ4v) is 3.92. The van der Waals surface area contributed by atoms with E-state index in [0.29, 0.717) is 24.4 Å². The van der Waals surface area contributed by atoms with Gasteiger partial charge in [-0.3, -0.25) is 9.69 Å². The number of hydrogen-bond donors (Lipinski definition) is 1. The van der Waals surface area contributed by atoms with Crippen LogP contribution in [0, 0.1) is 11.8 Å². The van der Waals surface area contributed by atoms with Crippen molar-refractivity contribution in [3.8, 4) is 0 Å². The minimum absolute atomic E-state index is 0.162. The summed E-state index contributed by atoms with van der Waals surface area (Å²) in [7, 11) is 2.13. The van der Waals surface area contributed by atoms with E-state index in [9.17, 15) is 4.79 Å². The van der Waals surface area contributed by atoms with E-state index >= 15 is 0 Å². The largest absolute Gasteiger partial charge is 0.373 e. The monoisotopic (exact) mass is 267 g/mol. The molecule has 0 aromatic rings. The van der Waals surface area contributed by atoms with E-state index in [-0.39, 0.29) is 12.0 Å². The van der Waals surface area contributed by atoms with Gasteiger partial charge in [0, 0.05) is 25.6 Å². The molecule has 5 heteroatoms. The molecule has 3 aliphatic rings. The molecule has 2 heterocycles. The molecule has 2 unspecified atom stereocenters. The van der Waals surface area contributed by atoms with E-state index in [1.807, 2.05) is 4.90 Å². The fourth-order valence-electron chi connectivity index (χ4n) is 3.92. The van der Waals surface area contributed by atoms with Crippen molar-refractivity contribution in [3.63, 3.8) is 0 Å². The first kappa shape index (κ1) is 13.3. The molecule has 5 nitrogen and oxygen atoms in total. The molecule has 3 fully saturated rings. The van der Waals surface area contributed by atoms with Gasteiger partial charge >= 0.3 is 0 Å². The minimum atomic E-state index is 0.162. The maximum atomic E-state index is 12.7. The number of nitrogens with zero attached hydrogens (tertiary/aromatic N) is 2. The molecule has 0 bridgehead atoms. The standard InChI is InChI=1S/C14H25N3O2/c1-16-5-6-19-13-9-17(8-12(13)16)14(18)11-4-2-3-10(11)7-15/h10-13H,2-9,15H2,1H3/t10-,11-,12?,13?/m1/s1. The molecule has 108 valence electrons. The normalized spacial score (nSPS) is 39.6. The van der Waals surface area contributed by atoms with Crippen molar-refractivity contribution < 1.29 is 9.53 Å². The lowest BCUT2D eigenvalue weighted by Crippen LogP contribution is -2.48. The lowest BCUT2D eigenvalue weighted by molar-refractivity contribution is -0.136. The van der Waals surface area contributed by atoms with Crippen LogP contribution in [-0.2, 0) is 9.53 Å². The van der Waals surface area contributed by atoms with Crippen molar-refractivity contribution in [3.05, 3.63) is 0 Å².